The monoisotopic (exact) mass is 271 g/mol. The number of carboxylic acid groups (broad SMARTS) is 1. The minimum Gasteiger partial charge on any atom is -0.493 e. The molecular formula is C15H13NO4. The van der Waals surface area contributed by atoms with Crippen molar-refractivity contribution >= 4 is 12.0 Å². The van der Waals surface area contributed by atoms with Gasteiger partial charge in [-0.05, 0) is 29.8 Å². The second kappa shape index (κ2) is 6.38. The number of para-hydroxylation sites is 2. The quantitative estimate of drug-likeness (QED) is 0.847. The van der Waals surface area contributed by atoms with Crippen LogP contribution in [0.3, 0.4) is 0 Å². The van der Waals surface area contributed by atoms with Gasteiger partial charge >= 0.3 is 5.97 Å². The first kappa shape index (κ1) is 13.6. The second-order valence-electron chi connectivity index (χ2n) is 3.88. The molecule has 1 aromatic heterocycles. The fraction of sp³-hybridized carbons (Fsp3) is 0.0667. The Morgan fingerprint density at radius 3 is 2.70 bits per heavy atom. The van der Waals surface area contributed by atoms with Gasteiger partial charge in [0, 0.05) is 12.3 Å². The predicted molar refractivity (Wildman–Crippen MR) is 74.0 cm³/mol. The molecule has 1 aromatic carbocycles. The highest BCUT2D eigenvalue weighted by Crippen LogP contribution is 2.30. The third-order valence-corrected chi connectivity index (χ3v) is 2.45. The number of pyridine rings is 1. The van der Waals surface area contributed by atoms with Crippen molar-refractivity contribution in [2.75, 3.05) is 7.11 Å². The molecule has 1 N–H and O–H groups in total. The molecule has 0 radical (unpaired) electrons. The highest BCUT2D eigenvalue weighted by atomic mass is 16.5. The van der Waals surface area contributed by atoms with Gasteiger partial charge < -0.3 is 14.6 Å². The Kier molecular flexibility index (Phi) is 4.34. The first-order valence-corrected chi connectivity index (χ1v) is 5.86. The zero-order valence-corrected chi connectivity index (χ0v) is 10.8. The highest BCUT2D eigenvalue weighted by molar-refractivity contribution is 5.85. The predicted octanol–water partition coefficient (Wildman–Crippen LogP) is 2.98. The molecule has 0 aliphatic carbocycles. The van der Waals surface area contributed by atoms with E-state index in [-0.39, 0.29) is 0 Å². The van der Waals surface area contributed by atoms with Gasteiger partial charge in [0.2, 0.25) is 0 Å². The maximum atomic E-state index is 10.5. The largest absolute Gasteiger partial charge is 0.493 e. The summed E-state index contributed by atoms with van der Waals surface area (Å²) in [6.45, 7) is 0. The summed E-state index contributed by atoms with van der Waals surface area (Å²) in [4.78, 5) is 14.5. The third-order valence-electron chi connectivity index (χ3n) is 2.45. The van der Waals surface area contributed by atoms with E-state index in [4.69, 9.17) is 14.6 Å². The van der Waals surface area contributed by atoms with Gasteiger partial charge in [0.25, 0.3) is 0 Å². The molecule has 0 bridgehead atoms. The van der Waals surface area contributed by atoms with Crippen LogP contribution in [0.5, 0.6) is 17.2 Å². The second-order valence-corrected chi connectivity index (χ2v) is 3.88. The minimum atomic E-state index is -1.01. The zero-order valence-electron chi connectivity index (χ0n) is 10.8. The molecule has 0 unspecified atom stereocenters. The van der Waals surface area contributed by atoms with Crippen LogP contribution in [0.15, 0.2) is 48.8 Å². The first-order valence-electron chi connectivity index (χ1n) is 5.86. The summed E-state index contributed by atoms with van der Waals surface area (Å²) in [7, 11) is 1.56. The van der Waals surface area contributed by atoms with Crippen LogP contribution in [0.1, 0.15) is 5.56 Å². The Balaban J connectivity index is 2.21. The van der Waals surface area contributed by atoms with E-state index in [1.807, 2.05) is 12.1 Å². The summed E-state index contributed by atoms with van der Waals surface area (Å²) >= 11 is 0. The first-order chi connectivity index (χ1) is 9.69. The molecule has 5 nitrogen and oxygen atoms in total. The number of aromatic nitrogens is 1. The van der Waals surface area contributed by atoms with Gasteiger partial charge in [-0.3, -0.25) is 4.98 Å². The number of nitrogens with zero attached hydrogens (tertiary/aromatic N) is 1. The maximum Gasteiger partial charge on any atom is 0.328 e. The summed E-state index contributed by atoms with van der Waals surface area (Å²) in [5.74, 6) is 0.665. The number of hydrogen-bond acceptors (Lipinski definition) is 4. The maximum absolute atomic E-state index is 10.5. The standard InChI is InChI=1S/C15H13NO4/c1-19-13-4-2-3-5-14(13)20-12-8-11(9-16-10-12)6-7-15(17)18/h2-10H,1H3,(H,17,18)/b7-6+. The summed E-state index contributed by atoms with van der Waals surface area (Å²) in [6.07, 6.45) is 5.59. The molecule has 0 fully saturated rings. The molecule has 2 rings (SSSR count). The number of hydrogen-bond donors (Lipinski definition) is 1. The molecule has 0 amide bonds. The van der Waals surface area contributed by atoms with E-state index in [1.54, 1.807) is 37.7 Å². The van der Waals surface area contributed by atoms with Gasteiger partial charge in [-0.2, -0.15) is 0 Å². The molecular weight excluding hydrogens is 258 g/mol. The van der Waals surface area contributed by atoms with Crippen molar-refractivity contribution in [2.45, 2.75) is 0 Å². The Labute approximate surface area is 116 Å². The van der Waals surface area contributed by atoms with Crippen LogP contribution in [0, 0.1) is 0 Å². The Morgan fingerprint density at radius 2 is 2.00 bits per heavy atom. The highest BCUT2D eigenvalue weighted by Gasteiger charge is 2.04. The van der Waals surface area contributed by atoms with Crippen LogP contribution >= 0.6 is 0 Å². The topological polar surface area (TPSA) is 68.7 Å². The molecule has 5 heteroatoms. The van der Waals surface area contributed by atoms with Crippen molar-refractivity contribution < 1.29 is 19.4 Å². The minimum absolute atomic E-state index is 0.502. The fourth-order valence-electron chi connectivity index (χ4n) is 1.58. The number of carboxylic acids is 1. The molecule has 1 heterocycles. The van der Waals surface area contributed by atoms with E-state index < -0.39 is 5.97 Å². The van der Waals surface area contributed by atoms with Crippen LogP contribution in [-0.2, 0) is 4.79 Å². The lowest BCUT2D eigenvalue weighted by molar-refractivity contribution is -0.131. The third kappa shape index (κ3) is 3.58. The average Bonchev–Trinajstić information content (AvgIpc) is 2.46. The molecule has 0 spiro atoms. The van der Waals surface area contributed by atoms with Crippen LogP contribution in [0.4, 0.5) is 0 Å². The van der Waals surface area contributed by atoms with Gasteiger partial charge in [0.05, 0.1) is 13.3 Å². The molecule has 0 saturated carbocycles. The van der Waals surface area contributed by atoms with Crippen LogP contribution < -0.4 is 9.47 Å². The Bertz CT molecular complexity index is 637. The number of methoxy groups -OCH3 is 1. The number of benzene rings is 1. The molecule has 20 heavy (non-hydrogen) atoms. The fourth-order valence-corrected chi connectivity index (χ4v) is 1.58. The number of rotatable bonds is 5. The van der Waals surface area contributed by atoms with Gasteiger partial charge in [-0.25, -0.2) is 4.79 Å². The van der Waals surface area contributed by atoms with E-state index >= 15 is 0 Å². The summed E-state index contributed by atoms with van der Waals surface area (Å²) < 4.78 is 10.9. The van der Waals surface area contributed by atoms with Crippen molar-refractivity contribution in [3.8, 4) is 17.2 Å². The van der Waals surface area contributed by atoms with Crippen molar-refractivity contribution in [1.82, 2.24) is 4.98 Å². The van der Waals surface area contributed by atoms with Crippen LogP contribution in [0.25, 0.3) is 6.08 Å². The van der Waals surface area contributed by atoms with Crippen molar-refractivity contribution in [3.63, 3.8) is 0 Å². The van der Waals surface area contributed by atoms with Crippen molar-refractivity contribution in [1.29, 1.82) is 0 Å². The molecule has 2 aromatic rings. The molecule has 0 aliphatic rings. The van der Waals surface area contributed by atoms with Gasteiger partial charge in [0.15, 0.2) is 11.5 Å². The van der Waals surface area contributed by atoms with E-state index in [1.165, 1.54) is 6.08 Å². The van der Waals surface area contributed by atoms with Crippen molar-refractivity contribution in [2.24, 2.45) is 0 Å². The van der Waals surface area contributed by atoms with Gasteiger partial charge in [-0.1, -0.05) is 12.1 Å². The van der Waals surface area contributed by atoms with E-state index in [9.17, 15) is 4.79 Å². The smallest absolute Gasteiger partial charge is 0.328 e. The molecule has 102 valence electrons. The lowest BCUT2D eigenvalue weighted by Crippen LogP contribution is -1.91. The molecule has 0 atom stereocenters. The van der Waals surface area contributed by atoms with Crippen LogP contribution in [-0.4, -0.2) is 23.2 Å². The Hall–Kier alpha value is -2.82. The van der Waals surface area contributed by atoms with Gasteiger partial charge in [-0.15, -0.1) is 0 Å². The lowest BCUT2D eigenvalue weighted by Gasteiger charge is -2.09. The molecule has 0 saturated heterocycles. The average molecular weight is 271 g/mol. The summed E-state index contributed by atoms with van der Waals surface area (Å²) in [6, 6.07) is 8.93. The summed E-state index contributed by atoms with van der Waals surface area (Å²) in [5.41, 5.74) is 0.639. The van der Waals surface area contributed by atoms with Gasteiger partial charge in [0.1, 0.15) is 5.75 Å². The SMILES string of the molecule is COc1ccccc1Oc1cncc(/C=C/C(=O)O)c1. The summed E-state index contributed by atoms with van der Waals surface area (Å²) in [5, 5.41) is 8.59. The number of aliphatic carboxylic acids is 1. The number of carbonyl (C=O) groups is 1. The van der Waals surface area contributed by atoms with Crippen molar-refractivity contribution in [3.05, 3.63) is 54.4 Å². The van der Waals surface area contributed by atoms with Crippen LogP contribution in [0.2, 0.25) is 0 Å². The zero-order chi connectivity index (χ0) is 14.4. The normalized spacial score (nSPS) is 10.4. The van der Waals surface area contributed by atoms with E-state index in [0.29, 0.717) is 22.8 Å². The molecule has 0 aliphatic heterocycles. The van der Waals surface area contributed by atoms with E-state index in [2.05, 4.69) is 4.98 Å². The Morgan fingerprint density at radius 1 is 1.25 bits per heavy atom. The lowest BCUT2D eigenvalue weighted by atomic mass is 10.2. The van der Waals surface area contributed by atoms with E-state index in [0.717, 1.165) is 6.08 Å². The number of ether oxygens (including phenoxy) is 2.